The van der Waals surface area contributed by atoms with Gasteiger partial charge in [-0.1, -0.05) is 0 Å². The van der Waals surface area contributed by atoms with Crippen molar-refractivity contribution in [3.8, 4) is 0 Å². The Labute approximate surface area is 90.1 Å². The summed E-state index contributed by atoms with van der Waals surface area (Å²) in [4.78, 5) is 4.57. The standard InChI is InChI=1S/C10H10BrN3/c11-10-9(6-1-2-6)13-8-5-7(12)3-4-14(8)10/h3-6H,1-2,12H2. The number of nitrogens with two attached hydrogens (primary N) is 1. The number of hydrogen-bond acceptors (Lipinski definition) is 2. The fraction of sp³-hybridized carbons (Fsp3) is 0.300. The molecule has 1 aliphatic rings. The molecule has 0 radical (unpaired) electrons. The predicted octanol–water partition coefficient (Wildman–Crippen LogP) is 2.56. The Balaban J connectivity index is 2.28. The van der Waals surface area contributed by atoms with Gasteiger partial charge in [-0.3, -0.25) is 4.40 Å². The molecule has 0 spiro atoms. The monoisotopic (exact) mass is 251 g/mol. The molecule has 0 aliphatic heterocycles. The van der Waals surface area contributed by atoms with E-state index in [0.29, 0.717) is 5.92 Å². The lowest BCUT2D eigenvalue weighted by atomic mass is 10.3. The van der Waals surface area contributed by atoms with Crippen LogP contribution in [0.15, 0.2) is 22.9 Å². The van der Waals surface area contributed by atoms with Crippen LogP contribution < -0.4 is 5.73 Å². The van der Waals surface area contributed by atoms with Crippen LogP contribution >= 0.6 is 15.9 Å². The largest absolute Gasteiger partial charge is 0.399 e. The lowest BCUT2D eigenvalue weighted by Gasteiger charge is -1.95. The molecule has 4 heteroatoms. The van der Waals surface area contributed by atoms with Crippen molar-refractivity contribution < 1.29 is 0 Å². The fourth-order valence-corrected chi connectivity index (χ4v) is 2.38. The van der Waals surface area contributed by atoms with Crippen molar-refractivity contribution in [2.24, 2.45) is 0 Å². The molecule has 0 aromatic carbocycles. The van der Waals surface area contributed by atoms with Crippen molar-refractivity contribution in [1.29, 1.82) is 0 Å². The van der Waals surface area contributed by atoms with Crippen molar-refractivity contribution in [1.82, 2.24) is 9.38 Å². The van der Waals surface area contributed by atoms with E-state index >= 15 is 0 Å². The summed E-state index contributed by atoms with van der Waals surface area (Å²) in [5.74, 6) is 0.658. The van der Waals surface area contributed by atoms with E-state index < -0.39 is 0 Å². The van der Waals surface area contributed by atoms with Crippen LogP contribution in [0.2, 0.25) is 0 Å². The molecule has 2 aromatic rings. The zero-order chi connectivity index (χ0) is 9.71. The summed E-state index contributed by atoms with van der Waals surface area (Å²) >= 11 is 3.58. The third-order valence-corrected chi connectivity index (χ3v) is 3.37. The van der Waals surface area contributed by atoms with Crippen LogP contribution in [-0.4, -0.2) is 9.38 Å². The summed E-state index contributed by atoms with van der Waals surface area (Å²) < 4.78 is 3.11. The van der Waals surface area contributed by atoms with Gasteiger partial charge >= 0.3 is 0 Å². The van der Waals surface area contributed by atoms with E-state index in [9.17, 15) is 0 Å². The summed E-state index contributed by atoms with van der Waals surface area (Å²) in [5.41, 5.74) is 8.57. The highest BCUT2D eigenvalue weighted by Crippen LogP contribution is 2.42. The number of pyridine rings is 1. The summed E-state index contributed by atoms with van der Waals surface area (Å²) in [7, 11) is 0. The average molecular weight is 252 g/mol. The van der Waals surface area contributed by atoms with Gasteiger partial charge < -0.3 is 5.73 Å². The van der Waals surface area contributed by atoms with Gasteiger partial charge in [0.1, 0.15) is 10.3 Å². The second kappa shape index (κ2) is 2.73. The van der Waals surface area contributed by atoms with E-state index in [2.05, 4.69) is 20.9 Å². The molecule has 0 saturated heterocycles. The van der Waals surface area contributed by atoms with Gasteiger partial charge in [0.05, 0.1) is 5.69 Å². The second-order valence-corrected chi connectivity index (χ2v) is 4.50. The van der Waals surface area contributed by atoms with Crippen molar-refractivity contribution in [3.63, 3.8) is 0 Å². The Bertz CT molecular complexity index is 499. The molecule has 14 heavy (non-hydrogen) atoms. The van der Waals surface area contributed by atoms with Crippen LogP contribution in [-0.2, 0) is 0 Å². The number of imidazole rings is 1. The highest BCUT2D eigenvalue weighted by molar-refractivity contribution is 9.10. The van der Waals surface area contributed by atoms with Crippen LogP contribution in [0.25, 0.3) is 5.65 Å². The lowest BCUT2D eigenvalue weighted by Crippen LogP contribution is -1.88. The predicted molar refractivity (Wildman–Crippen MR) is 59.3 cm³/mol. The maximum absolute atomic E-state index is 5.71. The van der Waals surface area contributed by atoms with E-state index in [1.165, 1.54) is 18.5 Å². The minimum absolute atomic E-state index is 0.658. The molecule has 0 atom stereocenters. The van der Waals surface area contributed by atoms with Gasteiger partial charge in [0.25, 0.3) is 0 Å². The van der Waals surface area contributed by atoms with Gasteiger partial charge in [0.15, 0.2) is 0 Å². The smallest absolute Gasteiger partial charge is 0.139 e. The van der Waals surface area contributed by atoms with E-state index in [1.807, 2.05) is 22.7 Å². The third kappa shape index (κ3) is 1.14. The third-order valence-electron chi connectivity index (χ3n) is 2.58. The number of nitrogen functional groups attached to an aromatic ring is 1. The van der Waals surface area contributed by atoms with Crippen molar-refractivity contribution in [2.75, 3.05) is 5.73 Å². The van der Waals surface area contributed by atoms with Crippen LogP contribution in [0.1, 0.15) is 24.5 Å². The molecule has 2 heterocycles. The Kier molecular flexibility index (Phi) is 1.62. The first-order valence-corrected chi connectivity index (χ1v) is 5.48. The number of nitrogens with zero attached hydrogens (tertiary/aromatic N) is 2. The van der Waals surface area contributed by atoms with E-state index in [1.54, 1.807) is 0 Å². The second-order valence-electron chi connectivity index (χ2n) is 3.75. The Morgan fingerprint density at radius 2 is 2.29 bits per heavy atom. The van der Waals surface area contributed by atoms with Crippen LogP contribution in [0.3, 0.4) is 0 Å². The van der Waals surface area contributed by atoms with Crippen molar-refractivity contribution in [2.45, 2.75) is 18.8 Å². The van der Waals surface area contributed by atoms with Gasteiger partial charge in [0.2, 0.25) is 0 Å². The molecule has 1 saturated carbocycles. The van der Waals surface area contributed by atoms with Gasteiger partial charge in [-0.15, -0.1) is 0 Å². The molecule has 1 aliphatic carbocycles. The number of aromatic nitrogens is 2. The Hall–Kier alpha value is -1.03. The summed E-state index contributed by atoms with van der Waals surface area (Å²) in [6, 6.07) is 3.78. The molecular weight excluding hydrogens is 242 g/mol. The molecular formula is C10H10BrN3. The first kappa shape index (κ1) is 8.29. The first-order valence-electron chi connectivity index (χ1n) is 4.68. The molecule has 0 bridgehead atoms. The number of fused-ring (bicyclic) bond motifs is 1. The Morgan fingerprint density at radius 3 is 3.00 bits per heavy atom. The van der Waals surface area contributed by atoms with Gasteiger partial charge in [0, 0.05) is 23.9 Å². The maximum atomic E-state index is 5.71. The number of halogens is 1. The number of anilines is 1. The summed E-state index contributed by atoms with van der Waals surface area (Å²) in [6.45, 7) is 0. The van der Waals surface area contributed by atoms with Crippen molar-refractivity contribution in [3.05, 3.63) is 28.6 Å². The van der Waals surface area contributed by atoms with Gasteiger partial charge in [-0.05, 0) is 34.8 Å². The summed E-state index contributed by atoms with van der Waals surface area (Å²) in [5, 5.41) is 0. The molecule has 1 fully saturated rings. The minimum atomic E-state index is 0.658. The number of rotatable bonds is 1. The van der Waals surface area contributed by atoms with Gasteiger partial charge in [-0.25, -0.2) is 4.98 Å². The number of hydrogen-bond donors (Lipinski definition) is 1. The highest BCUT2D eigenvalue weighted by Gasteiger charge is 2.29. The Morgan fingerprint density at radius 1 is 1.50 bits per heavy atom. The van der Waals surface area contributed by atoms with E-state index in [4.69, 9.17) is 5.73 Å². The zero-order valence-electron chi connectivity index (χ0n) is 7.57. The SMILES string of the molecule is Nc1ccn2c(Br)c(C3CC3)nc2c1. The summed E-state index contributed by atoms with van der Waals surface area (Å²) in [6.07, 6.45) is 4.48. The molecule has 3 nitrogen and oxygen atoms in total. The molecule has 0 unspecified atom stereocenters. The van der Waals surface area contributed by atoms with Crippen LogP contribution in [0, 0.1) is 0 Å². The average Bonchev–Trinajstić information content (AvgIpc) is 2.93. The van der Waals surface area contributed by atoms with E-state index in [0.717, 1.165) is 15.9 Å². The highest BCUT2D eigenvalue weighted by atomic mass is 79.9. The molecule has 2 aromatic heterocycles. The molecule has 2 N–H and O–H groups in total. The zero-order valence-corrected chi connectivity index (χ0v) is 9.16. The molecule has 0 amide bonds. The first-order chi connectivity index (χ1) is 6.75. The molecule has 72 valence electrons. The van der Waals surface area contributed by atoms with Crippen LogP contribution in [0.5, 0.6) is 0 Å². The fourth-order valence-electron chi connectivity index (χ4n) is 1.67. The van der Waals surface area contributed by atoms with Crippen molar-refractivity contribution >= 4 is 27.3 Å². The van der Waals surface area contributed by atoms with E-state index in [-0.39, 0.29) is 0 Å². The normalized spacial score (nSPS) is 16.4. The lowest BCUT2D eigenvalue weighted by molar-refractivity contribution is 1.04. The van der Waals surface area contributed by atoms with Crippen LogP contribution in [0.4, 0.5) is 5.69 Å². The van der Waals surface area contributed by atoms with Gasteiger partial charge in [-0.2, -0.15) is 0 Å². The minimum Gasteiger partial charge on any atom is -0.399 e. The topological polar surface area (TPSA) is 43.3 Å². The quantitative estimate of drug-likeness (QED) is 0.847. The molecule has 3 rings (SSSR count). The maximum Gasteiger partial charge on any atom is 0.139 e.